The minimum Gasteiger partial charge on any atom is -0.494 e. The Labute approximate surface area is 161 Å². The summed E-state index contributed by atoms with van der Waals surface area (Å²) in [6, 6.07) is 9.53. The second kappa shape index (κ2) is 6.23. The standard InChI is InChI=1S/C21H19N5O2/c1-12-3-5-14-19(20(12)28-2)25-18(26-8-7-22-21(14)26)10-17(27)13-4-6-15-16(9-13)24-11-23-15/h3-6,9-11,25H,7-8H2,1-2H3,(H,23,24). The molecule has 5 rings (SSSR count). The van der Waals surface area contributed by atoms with Crippen molar-refractivity contribution in [2.24, 2.45) is 4.99 Å². The van der Waals surface area contributed by atoms with Gasteiger partial charge >= 0.3 is 0 Å². The zero-order valence-electron chi connectivity index (χ0n) is 15.6. The number of aliphatic imine (C=N–C) groups is 1. The molecule has 0 saturated heterocycles. The molecule has 0 atom stereocenters. The molecule has 0 unspecified atom stereocenters. The maximum absolute atomic E-state index is 13.0. The van der Waals surface area contributed by atoms with E-state index < -0.39 is 0 Å². The average Bonchev–Trinajstić information content (AvgIpc) is 3.37. The monoisotopic (exact) mass is 373 g/mol. The summed E-state index contributed by atoms with van der Waals surface area (Å²) in [5.41, 5.74) is 5.14. The van der Waals surface area contributed by atoms with Crippen molar-refractivity contribution in [3.63, 3.8) is 0 Å². The summed E-state index contributed by atoms with van der Waals surface area (Å²) in [6.45, 7) is 3.42. The van der Waals surface area contributed by atoms with Gasteiger partial charge < -0.3 is 19.9 Å². The van der Waals surface area contributed by atoms with Crippen LogP contribution in [0.25, 0.3) is 11.0 Å². The average molecular weight is 373 g/mol. The lowest BCUT2D eigenvalue weighted by molar-refractivity contribution is 0.104. The van der Waals surface area contributed by atoms with Crippen molar-refractivity contribution in [1.82, 2.24) is 14.9 Å². The van der Waals surface area contributed by atoms with Crippen LogP contribution in [0.3, 0.4) is 0 Å². The number of amidine groups is 1. The van der Waals surface area contributed by atoms with Crippen LogP contribution >= 0.6 is 0 Å². The van der Waals surface area contributed by atoms with Gasteiger partial charge in [0.2, 0.25) is 0 Å². The highest BCUT2D eigenvalue weighted by molar-refractivity contribution is 6.11. The topological polar surface area (TPSA) is 82.6 Å². The number of nitrogens with one attached hydrogen (secondary N) is 2. The molecule has 0 amide bonds. The van der Waals surface area contributed by atoms with E-state index in [4.69, 9.17) is 4.74 Å². The molecular weight excluding hydrogens is 354 g/mol. The van der Waals surface area contributed by atoms with E-state index in [0.29, 0.717) is 17.9 Å². The second-order valence-electron chi connectivity index (χ2n) is 6.85. The number of methoxy groups -OCH3 is 1. The number of hydrogen-bond donors (Lipinski definition) is 2. The van der Waals surface area contributed by atoms with Gasteiger partial charge in [-0.25, -0.2) is 4.98 Å². The Morgan fingerprint density at radius 2 is 2.18 bits per heavy atom. The molecule has 0 fully saturated rings. The van der Waals surface area contributed by atoms with Gasteiger partial charge in [-0.3, -0.25) is 9.79 Å². The van der Waals surface area contributed by atoms with Crippen LogP contribution in [0, 0.1) is 6.92 Å². The van der Waals surface area contributed by atoms with Gasteiger partial charge in [-0.15, -0.1) is 0 Å². The lowest BCUT2D eigenvalue weighted by Crippen LogP contribution is -2.36. The Balaban J connectivity index is 1.57. The highest BCUT2D eigenvalue weighted by Crippen LogP contribution is 2.39. The van der Waals surface area contributed by atoms with E-state index >= 15 is 0 Å². The third-order valence-electron chi connectivity index (χ3n) is 5.16. The molecule has 0 spiro atoms. The molecule has 7 heteroatoms. The van der Waals surface area contributed by atoms with Crippen LogP contribution in [-0.2, 0) is 0 Å². The lowest BCUT2D eigenvalue weighted by Gasteiger charge is -2.32. The number of ether oxygens (including phenoxy) is 1. The van der Waals surface area contributed by atoms with Crippen LogP contribution in [0.4, 0.5) is 5.69 Å². The van der Waals surface area contributed by atoms with Gasteiger partial charge in [0.15, 0.2) is 5.78 Å². The fourth-order valence-corrected chi connectivity index (χ4v) is 3.78. The predicted molar refractivity (Wildman–Crippen MR) is 108 cm³/mol. The highest BCUT2D eigenvalue weighted by Gasteiger charge is 2.32. The summed E-state index contributed by atoms with van der Waals surface area (Å²) in [7, 11) is 1.65. The van der Waals surface area contributed by atoms with E-state index in [1.165, 1.54) is 0 Å². The van der Waals surface area contributed by atoms with E-state index in [1.54, 1.807) is 25.6 Å². The van der Waals surface area contributed by atoms with Crippen LogP contribution in [0.5, 0.6) is 5.75 Å². The summed E-state index contributed by atoms with van der Waals surface area (Å²) >= 11 is 0. The summed E-state index contributed by atoms with van der Waals surface area (Å²) in [4.78, 5) is 26.9. The number of fused-ring (bicyclic) bond motifs is 4. The van der Waals surface area contributed by atoms with E-state index in [9.17, 15) is 4.79 Å². The second-order valence-corrected chi connectivity index (χ2v) is 6.85. The first-order valence-electron chi connectivity index (χ1n) is 9.12. The third kappa shape index (κ3) is 2.47. The first kappa shape index (κ1) is 16.6. The van der Waals surface area contributed by atoms with Crippen molar-refractivity contribution in [1.29, 1.82) is 0 Å². The Morgan fingerprint density at radius 1 is 1.29 bits per heavy atom. The molecule has 28 heavy (non-hydrogen) atoms. The van der Waals surface area contributed by atoms with Gasteiger partial charge in [-0.1, -0.05) is 6.07 Å². The summed E-state index contributed by atoms with van der Waals surface area (Å²) in [5.74, 6) is 2.27. The fraction of sp³-hybridized carbons (Fsp3) is 0.190. The zero-order valence-corrected chi connectivity index (χ0v) is 15.6. The van der Waals surface area contributed by atoms with Gasteiger partial charge in [0, 0.05) is 23.7 Å². The molecule has 7 nitrogen and oxygen atoms in total. The van der Waals surface area contributed by atoms with Crippen molar-refractivity contribution in [3.8, 4) is 5.75 Å². The molecule has 1 aromatic heterocycles. The number of H-pyrrole nitrogens is 1. The van der Waals surface area contributed by atoms with Gasteiger partial charge in [0.25, 0.3) is 0 Å². The number of carbonyl (C=O) groups is 1. The summed E-state index contributed by atoms with van der Waals surface area (Å²) in [6.07, 6.45) is 3.25. The molecule has 140 valence electrons. The van der Waals surface area contributed by atoms with E-state index in [0.717, 1.165) is 46.0 Å². The molecule has 0 radical (unpaired) electrons. The fourth-order valence-electron chi connectivity index (χ4n) is 3.78. The molecule has 2 N–H and O–H groups in total. The number of aromatic amines is 1. The van der Waals surface area contributed by atoms with E-state index in [1.807, 2.05) is 36.1 Å². The molecule has 0 saturated carbocycles. The van der Waals surface area contributed by atoms with Crippen molar-refractivity contribution >= 4 is 28.3 Å². The number of imidazole rings is 1. The minimum atomic E-state index is -0.0830. The quantitative estimate of drug-likeness (QED) is 0.545. The third-order valence-corrected chi connectivity index (χ3v) is 5.16. The molecule has 3 heterocycles. The largest absolute Gasteiger partial charge is 0.494 e. The molecule has 2 aromatic carbocycles. The molecular formula is C21H19N5O2. The number of anilines is 1. The zero-order chi connectivity index (χ0) is 19.3. The number of ketones is 1. The van der Waals surface area contributed by atoms with Crippen LogP contribution in [0.1, 0.15) is 21.5 Å². The highest BCUT2D eigenvalue weighted by atomic mass is 16.5. The Bertz CT molecular complexity index is 1170. The van der Waals surface area contributed by atoms with Gasteiger partial charge in [0.1, 0.15) is 17.4 Å². The molecule has 2 aliphatic rings. The van der Waals surface area contributed by atoms with Gasteiger partial charge in [0.05, 0.1) is 36.7 Å². The first-order chi connectivity index (χ1) is 13.7. The van der Waals surface area contributed by atoms with Crippen molar-refractivity contribution in [3.05, 3.63) is 65.2 Å². The Morgan fingerprint density at radius 3 is 3.04 bits per heavy atom. The summed E-state index contributed by atoms with van der Waals surface area (Å²) < 4.78 is 5.61. The SMILES string of the molecule is COc1c(C)ccc2c1NC(=CC(=O)c1ccc3nc[nH]c3c1)N1CCN=C21. The lowest BCUT2D eigenvalue weighted by atomic mass is 10.0. The number of carbonyl (C=O) groups excluding carboxylic acids is 1. The van der Waals surface area contributed by atoms with Crippen LogP contribution in [0.2, 0.25) is 0 Å². The van der Waals surface area contributed by atoms with Crippen molar-refractivity contribution in [2.45, 2.75) is 6.92 Å². The Hall–Kier alpha value is -3.61. The molecule has 2 aliphatic heterocycles. The minimum absolute atomic E-state index is 0.0830. The van der Waals surface area contributed by atoms with Crippen molar-refractivity contribution < 1.29 is 9.53 Å². The van der Waals surface area contributed by atoms with E-state index in [-0.39, 0.29) is 5.78 Å². The molecule has 0 bridgehead atoms. The van der Waals surface area contributed by atoms with Crippen molar-refractivity contribution in [2.75, 3.05) is 25.5 Å². The maximum atomic E-state index is 13.0. The number of allylic oxidation sites excluding steroid dienone is 1. The Kier molecular flexibility index (Phi) is 3.68. The number of aryl methyl sites for hydroxylation is 1. The smallest absolute Gasteiger partial charge is 0.189 e. The molecule has 0 aliphatic carbocycles. The number of nitrogens with zero attached hydrogens (tertiary/aromatic N) is 3. The number of hydrogen-bond acceptors (Lipinski definition) is 6. The maximum Gasteiger partial charge on any atom is 0.189 e. The number of benzene rings is 2. The van der Waals surface area contributed by atoms with E-state index in [2.05, 4.69) is 20.3 Å². The number of rotatable bonds is 3. The van der Waals surface area contributed by atoms with Crippen LogP contribution in [-0.4, -0.2) is 46.7 Å². The van der Waals surface area contributed by atoms with Crippen LogP contribution in [0.15, 0.2) is 53.5 Å². The predicted octanol–water partition coefficient (Wildman–Crippen LogP) is 3.09. The van der Waals surface area contributed by atoms with Gasteiger partial charge in [-0.2, -0.15) is 0 Å². The van der Waals surface area contributed by atoms with Gasteiger partial charge in [-0.05, 0) is 36.8 Å². The normalized spacial score (nSPS) is 16.6. The summed E-state index contributed by atoms with van der Waals surface area (Å²) in [5, 5.41) is 3.40. The van der Waals surface area contributed by atoms with Crippen LogP contribution < -0.4 is 10.1 Å². The number of aromatic nitrogens is 2. The first-order valence-corrected chi connectivity index (χ1v) is 9.12. The molecule has 3 aromatic rings.